The van der Waals surface area contributed by atoms with E-state index in [9.17, 15) is 9.79 Å². The van der Waals surface area contributed by atoms with E-state index < -0.39 is 5.69 Å². The van der Waals surface area contributed by atoms with Crippen molar-refractivity contribution < 1.29 is 9.79 Å². The topological polar surface area (TPSA) is 40.5 Å². The van der Waals surface area contributed by atoms with E-state index in [1.165, 1.54) is 167 Å². The van der Waals surface area contributed by atoms with Crippen molar-refractivity contribution in [2.45, 2.75) is 194 Å². The van der Waals surface area contributed by atoms with Gasteiger partial charge in [0.2, 0.25) is 0 Å². The first kappa shape index (κ1) is 41.5. The summed E-state index contributed by atoms with van der Waals surface area (Å²) >= 11 is 4.23. The summed E-state index contributed by atoms with van der Waals surface area (Å²) in [4.78, 5) is 20.5. The van der Waals surface area contributed by atoms with Gasteiger partial charge < -0.3 is 9.79 Å². The second-order valence-corrected chi connectivity index (χ2v) is 20.6. The minimum absolute atomic E-state index is 0.308. The Bertz CT molecular complexity index is 589. The van der Waals surface area contributed by atoms with Crippen LogP contribution in [0.1, 0.15) is 194 Å². The van der Waals surface area contributed by atoms with Crippen LogP contribution in [-0.2, 0) is 10.1 Å². The minimum atomic E-state index is -3.00. The molecule has 0 saturated heterocycles. The average molecular weight is 633 g/mol. The van der Waals surface area contributed by atoms with E-state index in [-0.39, 0.29) is 10.1 Å². The van der Waals surface area contributed by atoms with Gasteiger partial charge in [-0.2, -0.15) is 0 Å². The van der Waals surface area contributed by atoms with Crippen LogP contribution < -0.4 is 0 Å². The second-order valence-electron chi connectivity index (χ2n) is 12.3. The molecule has 41 heavy (non-hydrogen) atoms. The van der Waals surface area contributed by atoms with E-state index in [0.717, 1.165) is 24.3 Å². The van der Waals surface area contributed by atoms with E-state index >= 15 is 0 Å². The molecule has 0 aromatic carbocycles. The molecule has 0 rings (SSSR count). The van der Waals surface area contributed by atoms with Gasteiger partial charge in [-0.25, -0.2) is 0 Å². The van der Waals surface area contributed by atoms with Crippen LogP contribution in [0.3, 0.4) is 0 Å². The number of hydrogen-bond donors (Lipinski definition) is 3. The maximum absolute atomic E-state index is 10.3. The number of thiol groups is 1. The molecule has 0 unspecified atom stereocenters. The Kier molecular flexibility index (Phi) is 33.9. The number of unbranched alkanes of at least 4 members (excludes halogenated alkanes) is 24. The molecule has 0 aromatic rings. The molecule has 2 nitrogen and oxygen atoms in total. The van der Waals surface area contributed by atoms with Crippen LogP contribution in [0, 0.1) is 0 Å². The standard InChI is InChI=1S/C36H73O2PS2/c1-3-5-7-9-11-13-15-17-19-21-23-25-27-29-31-33-35-41(39(37,38)40)36-34-32-30-28-26-24-22-20-18-16-14-12-10-8-6-4-2/h17-20,37-38,40H,3-16,21-36H2,1-2H3. The van der Waals surface area contributed by atoms with Crippen molar-refractivity contribution in [1.29, 1.82) is 0 Å². The van der Waals surface area contributed by atoms with Crippen molar-refractivity contribution >= 4 is 28.0 Å². The van der Waals surface area contributed by atoms with Gasteiger partial charge in [0.1, 0.15) is 0 Å². The summed E-state index contributed by atoms with van der Waals surface area (Å²) in [7, 11) is -0.308. The highest BCUT2D eigenvalue weighted by Gasteiger charge is 2.10. The summed E-state index contributed by atoms with van der Waals surface area (Å²) in [6, 6.07) is 0. The van der Waals surface area contributed by atoms with Crippen LogP contribution in [0.25, 0.3) is 0 Å². The summed E-state index contributed by atoms with van der Waals surface area (Å²) in [6.07, 6.45) is 46.3. The van der Waals surface area contributed by atoms with Gasteiger partial charge in [0.15, 0.2) is 5.69 Å². The Morgan fingerprint density at radius 2 is 0.659 bits per heavy atom. The fourth-order valence-corrected chi connectivity index (χ4v) is 10.9. The third-order valence-electron chi connectivity index (χ3n) is 8.13. The van der Waals surface area contributed by atoms with Crippen LogP contribution in [0.2, 0.25) is 0 Å². The SMILES string of the molecule is CCCCCCCCC=CCCCCCCCCS(CCCCCCCCC=CCCCCCCCC)=P(O)(O)S. The lowest BCUT2D eigenvalue weighted by molar-refractivity contribution is 0.502. The van der Waals surface area contributed by atoms with Gasteiger partial charge in [-0.15, -0.1) is 10.1 Å². The molecule has 0 spiro atoms. The predicted octanol–water partition coefficient (Wildman–Crippen LogP) is 13.3. The molecular weight excluding hydrogens is 560 g/mol. The Labute approximate surface area is 266 Å². The lowest BCUT2D eigenvalue weighted by atomic mass is 10.1. The zero-order valence-corrected chi connectivity index (χ0v) is 30.3. The first-order valence-corrected chi connectivity index (χ1v) is 23.1. The molecule has 0 bridgehead atoms. The second kappa shape index (κ2) is 33.4. The molecule has 0 aliphatic carbocycles. The quantitative estimate of drug-likeness (QED) is 0.0299. The normalized spacial score (nSPS) is 13.2. The van der Waals surface area contributed by atoms with Gasteiger partial charge in [-0.1, -0.05) is 166 Å². The Morgan fingerprint density at radius 3 is 0.927 bits per heavy atom. The van der Waals surface area contributed by atoms with E-state index in [2.05, 4.69) is 50.4 Å². The molecule has 5 heteroatoms. The van der Waals surface area contributed by atoms with Gasteiger partial charge in [-0.05, 0) is 75.7 Å². The Hall–Kier alpha value is 0.530. The van der Waals surface area contributed by atoms with E-state index in [4.69, 9.17) is 0 Å². The van der Waals surface area contributed by atoms with Crippen molar-refractivity contribution in [2.75, 3.05) is 11.5 Å². The van der Waals surface area contributed by atoms with Crippen molar-refractivity contribution in [2.24, 2.45) is 0 Å². The van der Waals surface area contributed by atoms with E-state index in [1.807, 2.05) is 0 Å². The lowest BCUT2D eigenvalue weighted by Gasteiger charge is -2.16. The summed E-state index contributed by atoms with van der Waals surface area (Å²) < 4.78 is 0. The number of hydrogen-bond acceptors (Lipinski definition) is 0. The number of allylic oxidation sites excluding steroid dienone is 4. The fourth-order valence-electron chi connectivity index (χ4n) is 5.38. The smallest absolute Gasteiger partial charge is 0.198 e. The van der Waals surface area contributed by atoms with E-state index in [0.29, 0.717) is 0 Å². The summed E-state index contributed by atoms with van der Waals surface area (Å²) in [5.74, 6) is 1.91. The summed E-state index contributed by atoms with van der Waals surface area (Å²) in [6.45, 7) is 4.56. The Morgan fingerprint density at radius 1 is 0.415 bits per heavy atom. The fraction of sp³-hybridized carbons (Fsp3) is 0.889. The van der Waals surface area contributed by atoms with Crippen molar-refractivity contribution in [3.8, 4) is 0 Å². The summed E-state index contributed by atoms with van der Waals surface area (Å²) in [5, 5.41) is 0. The lowest BCUT2D eigenvalue weighted by Crippen LogP contribution is -2.04. The van der Waals surface area contributed by atoms with Crippen LogP contribution in [0.4, 0.5) is 0 Å². The average Bonchev–Trinajstić information content (AvgIpc) is 2.95. The molecular formula is C36H73O2PS2. The first-order chi connectivity index (χ1) is 20.0. The monoisotopic (exact) mass is 632 g/mol. The van der Waals surface area contributed by atoms with Crippen molar-refractivity contribution in [3.05, 3.63) is 24.3 Å². The molecule has 0 aliphatic rings. The van der Waals surface area contributed by atoms with Gasteiger partial charge in [0.05, 0.1) is 0 Å². The molecule has 0 atom stereocenters. The zero-order valence-electron chi connectivity index (χ0n) is 27.7. The largest absolute Gasteiger partial charge is 0.341 e. The van der Waals surface area contributed by atoms with Gasteiger partial charge in [-0.3, -0.25) is 0 Å². The molecule has 0 heterocycles. The molecule has 246 valence electrons. The highest BCUT2D eigenvalue weighted by Crippen LogP contribution is 2.47. The van der Waals surface area contributed by atoms with Crippen LogP contribution in [-0.4, -0.2) is 21.3 Å². The van der Waals surface area contributed by atoms with Crippen LogP contribution >= 0.6 is 17.9 Å². The molecule has 0 aromatic heterocycles. The molecule has 0 saturated carbocycles. The highest BCUT2D eigenvalue weighted by atomic mass is 32.9. The summed E-state index contributed by atoms with van der Waals surface area (Å²) in [5.41, 5.74) is -3.00. The van der Waals surface area contributed by atoms with Gasteiger partial charge in [0, 0.05) is 0 Å². The van der Waals surface area contributed by atoms with Crippen LogP contribution in [0.15, 0.2) is 24.3 Å². The zero-order chi connectivity index (χ0) is 30.1. The predicted molar refractivity (Wildman–Crippen MR) is 196 cm³/mol. The maximum Gasteiger partial charge on any atom is 0.198 e. The third kappa shape index (κ3) is 33.3. The maximum atomic E-state index is 10.3. The number of rotatable bonds is 32. The molecule has 0 fully saturated rings. The van der Waals surface area contributed by atoms with Crippen molar-refractivity contribution in [1.82, 2.24) is 0 Å². The van der Waals surface area contributed by atoms with Crippen LogP contribution in [0.5, 0.6) is 0 Å². The van der Waals surface area contributed by atoms with Gasteiger partial charge >= 0.3 is 0 Å². The molecule has 0 amide bonds. The first-order valence-electron chi connectivity index (χ1n) is 18.1. The minimum Gasteiger partial charge on any atom is -0.341 e. The van der Waals surface area contributed by atoms with Crippen molar-refractivity contribution in [3.63, 3.8) is 0 Å². The van der Waals surface area contributed by atoms with Gasteiger partial charge in [0.25, 0.3) is 0 Å². The molecule has 2 N–H and O–H groups in total. The Balaban J connectivity index is 3.62. The third-order valence-corrected chi connectivity index (χ3v) is 15.6. The highest BCUT2D eigenvalue weighted by molar-refractivity contribution is 8.65. The van der Waals surface area contributed by atoms with E-state index in [1.54, 1.807) is 0 Å². The molecule has 0 radical (unpaired) electrons. The molecule has 0 aliphatic heterocycles.